The van der Waals surface area contributed by atoms with Gasteiger partial charge in [0.15, 0.2) is 8.32 Å². The van der Waals surface area contributed by atoms with E-state index in [0.29, 0.717) is 6.23 Å². The van der Waals surface area contributed by atoms with E-state index in [1.165, 1.54) is 0 Å². The Morgan fingerprint density at radius 1 is 0.944 bits per heavy atom. The zero-order chi connectivity index (χ0) is 13.8. The van der Waals surface area contributed by atoms with E-state index in [2.05, 4.69) is 36.0 Å². The van der Waals surface area contributed by atoms with Crippen LogP contribution in [0.5, 0.6) is 0 Å². The maximum absolute atomic E-state index is 9.38. The van der Waals surface area contributed by atoms with E-state index in [9.17, 15) is 5.11 Å². The van der Waals surface area contributed by atoms with Gasteiger partial charge >= 0.3 is 0 Å². The van der Waals surface area contributed by atoms with Crippen molar-refractivity contribution < 1.29 is 9.53 Å². The quantitative estimate of drug-likeness (QED) is 0.733. The molecule has 1 aliphatic rings. The SMILES string of the molecule is CO[Si](C)(C)CN1CCN(C[Si](C)(C)CO)CC1. The van der Waals surface area contributed by atoms with Gasteiger partial charge in [0.05, 0.1) is 8.07 Å². The van der Waals surface area contributed by atoms with Crippen LogP contribution in [-0.4, -0.2) is 83.2 Å². The first kappa shape index (κ1) is 16.3. The van der Waals surface area contributed by atoms with Crippen molar-refractivity contribution in [3.05, 3.63) is 0 Å². The highest BCUT2D eigenvalue weighted by molar-refractivity contribution is 6.77. The average molecular weight is 291 g/mol. The maximum Gasteiger partial charge on any atom is 0.199 e. The summed E-state index contributed by atoms with van der Waals surface area (Å²) in [5, 5.41) is 9.38. The summed E-state index contributed by atoms with van der Waals surface area (Å²) >= 11 is 0. The maximum atomic E-state index is 9.38. The van der Waals surface area contributed by atoms with Crippen molar-refractivity contribution in [3.63, 3.8) is 0 Å². The summed E-state index contributed by atoms with van der Waals surface area (Å²) in [4.78, 5) is 5.07. The zero-order valence-electron chi connectivity index (χ0n) is 12.7. The topological polar surface area (TPSA) is 35.9 Å². The van der Waals surface area contributed by atoms with Crippen LogP contribution in [0, 0.1) is 0 Å². The first-order chi connectivity index (χ1) is 8.28. The Bertz CT molecular complexity index is 228. The van der Waals surface area contributed by atoms with Gasteiger partial charge in [0.25, 0.3) is 0 Å². The number of hydrogen-bond acceptors (Lipinski definition) is 4. The highest BCUT2D eigenvalue weighted by atomic mass is 28.4. The highest BCUT2D eigenvalue weighted by Gasteiger charge is 2.29. The fraction of sp³-hybridized carbons (Fsp3) is 1.00. The molecule has 0 saturated carbocycles. The minimum atomic E-state index is -1.46. The molecule has 0 atom stereocenters. The molecule has 0 amide bonds. The van der Waals surface area contributed by atoms with Gasteiger partial charge in [-0.15, -0.1) is 0 Å². The Morgan fingerprint density at radius 2 is 1.39 bits per heavy atom. The number of nitrogens with zero attached hydrogens (tertiary/aromatic N) is 2. The Balaban J connectivity index is 2.33. The van der Waals surface area contributed by atoms with Crippen LogP contribution in [0.1, 0.15) is 0 Å². The normalized spacial score (nSPS) is 20.3. The molecule has 0 radical (unpaired) electrons. The predicted molar refractivity (Wildman–Crippen MR) is 81.9 cm³/mol. The minimum absolute atomic E-state index is 0.400. The van der Waals surface area contributed by atoms with Crippen LogP contribution in [0.3, 0.4) is 0 Å². The number of aliphatic hydroxyl groups is 1. The molecular formula is C12H30N2O2Si2. The van der Waals surface area contributed by atoms with Gasteiger partial charge in [0.1, 0.15) is 0 Å². The lowest BCUT2D eigenvalue weighted by molar-refractivity contribution is 0.155. The summed E-state index contributed by atoms with van der Waals surface area (Å²) in [6.07, 6.45) is 2.66. The van der Waals surface area contributed by atoms with E-state index in [1.54, 1.807) is 0 Å². The summed E-state index contributed by atoms with van der Waals surface area (Å²) in [6.45, 7) is 13.7. The molecule has 6 heteroatoms. The molecule has 0 bridgehead atoms. The summed E-state index contributed by atoms with van der Waals surface area (Å²) in [7, 11) is -1.01. The van der Waals surface area contributed by atoms with Crippen molar-refractivity contribution in [2.75, 3.05) is 51.9 Å². The standard InChI is InChI=1S/C12H30N2O2Si2/c1-16-18(4,5)11-14-8-6-13(7-9-14)10-17(2,3)12-15/h15H,6-12H2,1-5H3. The molecule has 1 heterocycles. The Kier molecular flexibility index (Phi) is 6.01. The molecule has 0 aromatic rings. The highest BCUT2D eigenvalue weighted by Crippen LogP contribution is 2.11. The van der Waals surface area contributed by atoms with Crippen LogP contribution in [-0.2, 0) is 4.43 Å². The third-order valence-electron chi connectivity index (χ3n) is 3.70. The van der Waals surface area contributed by atoms with E-state index in [4.69, 9.17) is 4.43 Å². The van der Waals surface area contributed by atoms with Crippen molar-refractivity contribution in [1.29, 1.82) is 0 Å². The monoisotopic (exact) mass is 290 g/mol. The van der Waals surface area contributed by atoms with E-state index in [0.717, 1.165) is 38.5 Å². The Morgan fingerprint density at radius 3 is 1.78 bits per heavy atom. The van der Waals surface area contributed by atoms with Crippen molar-refractivity contribution in [2.24, 2.45) is 0 Å². The summed E-state index contributed by atoms with van der Waals surface area (Å²) < 4.78 is 5.62. The third kappa shape index (κ3) is 5.50. The molecule has 0 aromatic carbocycles. The summed E-state index contributed by atoms with van der Waals surface area (Å²) in [6, 6.07) is 0. The van der Waals surface area contributed by atoms with Crippen LogP contribution >= 0.6 is 0 Å². The molecule has 1 saturated heterocycles. The van der Waals surface area contributed by atoms with Gasteiger partial charge in [-0.05, 0) is 19.3 Å². The van der Waals surface area contributed by atoms with Crippen molar-refractivity contribution in [3.8, 4) is 0 Å². The second-order valence-corrected chi connectivity index (χ2v) is 16.0. The molecule has 1 aliphatic heterocycles. The zero-order valence-corrected chi connectivity index (χ0v) is 14.7. The van der Waals surface area contributed by atoms with E-state index in [-0.39, 0.29) is 0 Å². The summed E-state index contributed by atoms with van der Waals surface area (Å²) in [5.41, 5.74) is 0. The lowest BCUT2D eigenvalue weighted by Crippen LogP contribution is -2.56. The van der Waals surface area contributed by atoms with Crippen LogP contribution in [0.15, 0.2) is 0 Å². The summed E-state index contributed by atoms with van der Waals surface area (Å²) in [5.74, 6) is 0. The lowest BCUT2D eigenvalue weighted by Gasteiger charge is -2.39. The number of rotatable bonds is 6. The molecule has 108 valence electrons. The van der Waals surface area contributed by atoms with Gasteiger partial charge in [-0.2, -0.15) is 0 Å². The molecule has 18 heavy (non-hydrogen) atoms. The van der Waals surface area contributed by atoms with Crippen LogP contribution in [0.25, 0.3) is 0 Å². The predicted octanol–water partition coefficient (Wildman–Crippen LogP) is 0.774. The van der Waals surface area contributed by atoms with Crippen LogP contribution < -0.4 is 0 Å². The first-order valence-electron chi connectivity index (χ1n) is 6.89. The van der Waals surface area contributed by atoms with Crippen molar-refractivity contribution in [2.45, 2.75) is 26.2 Å². The van der Waals surface area contributed by atoms with Gasteiger partial charge < -0.3 is 19.3 Å². The fourth-order valence-corrected chi connectivity index (χ4v) is 5.51. The van der Waals surface area contributed by atoms with Crippen molar-refractivity contribution in [1.82, 2.24) is 9.80 Å². The number of aliphatic hydroxyl groups excluding tert-OH is 1. The molecule has 0 unspecified atom stereocenters. The smallest absolute Gasteiger partial charge is 0.199 e. The number of piperazine rings is 1. The fourth-order valence-electron chi connectivity index (χ4n) is 2.36. The molecule has 0 spiro atoms. The molecule has 1 fully saturated rings. The lowest BCUT2D eigenvalue weighted by atomic mass is 10.4. The van der Waals surface area contributed by atoms with Crippen LogP contribution in [0.4, 0.5) is 0 Å². The molecular weight excluding hydrogens is 260 g/mol. The molecule has 1 N–H and O–H groups in total. The third-order valence-corrected chi connectivity index (χ3v) is 8.17. The number of hydrogen-bond donors (Lipinski definition) is 1. The van der Waals surface area contributed by atoms with E-state index in [1.807, 2.05) is 7.11 Å². The molecule has 1 rings (SSSR count). The van der Waals surface area contributed by atoms with Crippen molar-refractivity contribution >= 4 is 16.4 Å². The second-order valence-electron chi connectivity index (χ2n) is 6.84. The average Bonchev–Trinajstić information content (AvgIpc) is 2.31. The molecule has 0 aliphatic carbocycles. The minimum Gasteiger partial charge on any atom is -0.419 e. The molecule has 0 aromatic heterocycles. The van der Waals surface area contributed by atoms with Gasteiger partial charge in [0.2, 0.25) is 0 Å². The van der Waals surface area contributed by atoms with Gasteiger partial charge in [-0.25, -0.2) is 0 Å². The van der Waals surface area contributed by atoms with Crippen LogP contribution in [0.2, 0.25) is 26.2 Å². The largest absolute Gasteiger partial charge is 0.419 e. The first-order valence-corrected chi connectivity index (χ1v) is 13.4. The molecule has 4 nitrogen and oxygen atoms in total. The van der Waals surface area contributed by atoms with E-state index < -0.39 is 16.4 Å². The van der Waals surface area contributed by atoms with Gasteiger partial charge in [-0.1, -0.05) is 13.1 Å². The van der Waals surface area contributed by atoms with Gasteiger partial charge in [-0.3, -0.25) is 0 Å². The Labute approximate surface area is 114 Å². The van der Waals surface area contributed by atoms with E-state index >= 15 is 0 Å². The Hall–Kier alpha value is 0.274. The second kappa shape index (κ2) is 6.63. The van der Waals surface area contributed by atoms with Gasteiger partial charge in [0, 0.05) is 45.7 Å².